The predicted molar refractivity (Wildman–Crippen MR) is 85.6 cm³/mol. The highest BCUT2D eigenvalue weighted by Gasteiger charge is 2.15. The zero-order chi connectivity index (χ0) is 15.4. The van der Waals surface area contributed by atoms with Crippen molar-refractivity contribution in [2.75, 3.05) is 12.4 Å². The first-order chi connectivity index (χ1) is 9.97. The maximum Gasteiger partial charge on any atom is 0.272 e. The Morgan fingerprint density at radius 1 is 1.43 bits per heavy atom. The maximum atomic E-state index is 12.4. The summed E-state index contributed by atoms with van der Waals surface area (Å²) in [5, 5.41) is 3.20. The summed E-state index contributed by atoms with van der Waals surface area (Å²) in [5.41, 5.74) is 3.22. The number of nitrogens with one attached hydrogen (secondary N) is 1. The number of aromatic nitrogens is 2. The minimum Gasteiger partial charge on any atom is -0.368 e. The molecule has 0 bridgehead atoms. The van der Waals surface area contributed by atoms with Crippen LogP contribution < -0.4 is 5.32 Å². The summed E-state index contributed by atoms with van der Waals surface area (Å²) in [4.78, 5) is 23.8. The summed E-state index contributed by atoms with van der Waals surface area (Å²) in [7, 11) is 1.78. The van der Waals surface area contributed by atoms with Crippen LogP contribution in [0.5, 0.6) is 0 Å². The van der Waals surface area contributed by atoms with Crippen LogP contribution in [0, 0.1) is 6.92 Å². The van der Waals surface area contributed by atoms with Crippen LogP contribution in [-0.2, 0) is 6.54 Å². The van der Waals surface area contributed by atoms with Gasteiger partial charge in [-0.2, -0.15) is 0 Å². The van der Waals surface area contributed by atoms with Gasteiger partial charge in [-0.25, -0.2) is 9.97 Å². The molecule has 2 aromatic heterocycles. The summed E-state index contributed by atoms with van der Waals surface area (Å²) in [5.74, 6) is 0.633. The Balaban J connectivity index is 2.10. The van der Waals surface area contributed by atoms with Crippen LogP contribution in [0.3, 0.4) is 0 Å². The van der Waals surface area contributed by atoms with Gasteiger partial charge in [0.15, 0.2) is 0 Å². The second-order valence-corrected chi connectivity index (χ2v) is 6.17. The van der Waals surface area contributed by atoms with Crippen molar-refractivity contribution in [2.24, 2.45) is 0 Å². The molecular formula is C15H20N4OS. The van der Waals surface area contributed by atoms with Crippen LogP contribution in [-0.4, -0.2) is 33.9 Å². The van der Waals surface area contributed by atoms with Gasteiger partial charge in [0.25, 0.3) is 5.91 Å². The fourth-order valence-electron chi connectivity index (χ4n) is 1.89. The fourth-order valence-corrected chi connectivity index (χ4v) is 2.72. The fraction of sp³-hybridized carbons (Fsp3) is 0.400. The van der Waals surface area contributed by atoms with Gasteiger partial charge in [-0.15, -0.1) is 11.3 Å². The van der Waals surface area contributed by atoms with Crippen molar-refractivity contribution in [2.45, 2.75) is 33.4 Å². The molecule has 0 spiro atoms. The summed E-state index contributed by atoms with van der Waals surface area (Å²) in [6, 6.07) is 5.73. The lowest BCUT2D eigenvalue weighted by atomic mass is 10.3. The molecule has 1 amide bonds. The van der Waals surface area contributed by atoms with E-state index in [1.807, 2.05) is 32.9 Å². The van der Waals surface area contributed by atoms with E-state index in [9.17, 15) is 4.79 Å². The Bertz CT molecular complexity index is 624. The van der Waals surface area contributed by atoms with E-state index in [4.69, 9.17) is 0 Å². The third-order valence-corrected chi connectivity index (χ3v) is 3.90. The molecule has 21 heavy (non-hydrogen) atoms. The van der Waals surface area contributed by atoms with E-state index in [1.54, 1.807) is 34.9 Å². The van der Waals surface area contributed by atoms with Crippen molar-refractivity contribution in [3.8, 4) is 0 Å². The van der Waals surface area contributed by atoms with Crippen LogP contribution in [0.2, 0.25) is 0 Å². The van der Waals surface area contributed by atoms with E-state index in [-0.39, 0.29) is 11.9 Å². The average molecular weight is 304 g/mol. The minimum absolute atomic E-state index is 0.0878. The van der Waals surface area contributed by atoms with E-state index in [1.165, 1.54) is 0 Å². The van der Waals surface area contributed by atoms with Crippen LogP contribution in [0.1, 0.15) is 34.9 Å². The number of aryl methyl sites for hydroxylation is 1. The third kappa shape index (κ3) is 4.01. The molecule has 0 saturated carbocycles. The molecule has 6 heteroatoms. The van der Waals surface area contributed by atoms with Crippen molar-refractivity contribution in [1.82, 2.24) is 14.9 Å². The Morgan fingerprint density at radius 3 is 2.81 bits per heavy atom. The topological polar surface area (TPSA) is 58.1 Å². The highest BCUT2D eigenvalue weighted by Crippen LogP contribution is 2.16. The predicted octanol–water partition coefficient (Wildman–Crippen LogP) is 2.94. The molecule has 5 nitrogen and oxygen atoms in total. The molecule has 0 fully saturated rings. The zero-order valence-electron chi connectivity index (χ0n) is 12.8. The Labute approximate surface area is 129 Å². The molecule has 112 valence electrons. The number of hydrogen-bond donors (Lipinski definition) is 1. The SMILES string of the molecule is Cc1ncsc1CN(C)C(=O)c1cccc(NC(C)C)n1. The largest absolute Gasteiger partial charge is 0.368 e. The first kappa shape index (κ1) is 15.4. The summed E-state index contributed by atoms with van der Waals surface area (Å²) >= 11 is 1.56. The lowest BCUT2D eigenvalue weighted by Crippen LogP contribution is -2.27. The van der Waals surface area contributed by atoms with Crippen LogP contribution in [0.25, 0.3) is 0 Å². The molecule has 0 aliphatic heterocycles. The van der Waals surface area contributed by atoms with Crippen molar-refractivity contribution >= 4 is 23.1 Å². The summed E-state index contributed by atoms with van der Waals surface area (Å²) in [6.07, 6.45) is 0. The number of rotatable bonds is 5. The number of amides is 1. The van der Waals surface area contributed by atoms with E-state index in [0.29, 0.717) is 12.2 Å². The highest BCUT2D eigenvalue weighted by molar-refractivity contribution is 7.09. The first-order valence-electron chi connectivity index (χ1n) is 6.85. The number of thiazole rings is 1. The molecular weight excluding hydrogens is 284 g/mol. The van der Waals surface area contributed by atoms with Crippen molar-refractivity contribution in [3.05, 3.63) is 40.0 Å². The molecule has 0 unspecified atom stereocenters. The standard InChI is InChI=1S/C15H20N4OS/c1-10(2)17-14-7-5-6-12(18-14)15(20)19(4)8-13-11(3)16-9-21-13/h5-7,9-10H,8H2,1-4H3,(H,17,18). The molecule has 0 atom stereocenters. The van der Waals surface area contributed by atoms with E-state index >= 15 is 0 Å². The number of hydrogen-bond acceptors (Lipinski definition) is 5. The zero-order valence-corrected chi connectivity index (χ0v) is 13.6. The number of anilines is 1. The number of nitrogens with zero attached hydrogens (tertiary/aromatic N) is 3. The van der Waals surface area contributed by atoms with Crippen LogP contribution in [0.4, 0.5) is 5.82 Å². The lowest BCUT2D eigenvalue weighted by Gasteiger charge is -2.17. The van der Waals surface area contributed by atoms with Crippen molar-refractivity contribution < 1.29 is 4.79 Å². The van der Waals surface area contributed by atoms with Gasteiger partial charge in [-0.1, -0.05) is 6.07 Å². The molecule has 2 heterocycles. The van der Waals surface area contributed by atoms with E-state index < -0.39 is 0 Å². The van der Waals surface area contributed by atoms with Crippen molar-refractivity contribution in [3.63, 3.8) is 0 Å². The second kappa shape index (κ2) is 6.67. The molecule has 0 aliphatic carbocycles. The number of carbonyl (C=O) groups excluding carboxylic acids is 1. The Hall–Kier alpha value is -1.95. The lowest BCUT2D eigenvalue weighted by molar-refractivity contribution is 0.0780. The van der Waals surface area contributed by atoms with E-state index in [0.717, 1.165) is 16.4 Å². The average Bonchev–Trinajstić information content (AvgIpc) is 2.83. The van der Waals surface area contributed by atoms with Gasteiger partial charge in [0.1, 0.15) is 11.5 Å². The van der Waals surface area contributed by atoms with Gasteiger partial charge in [-0.3, -0.25) is 4.79 Å². The van der Waals surface area contributed by atoms with Crippen LogP contribution in [0.15, 0.2) is 23.7 Å². The normalized spacial score (nSPS) is 10.7. The van der Waals surface area contributed by atoms with Gasteiger partial charge < -0.3 is 10.2 Å². The maximum absolute atomic E-state index is 12.4. The first-order valence-corrected chi connectivity index (χ1v) is 7.73. The molecule has 0 saturated heterocycles. The number of carbonyl (C=O) groups is 1. The van der Waals surface area contributed by atoms with Crippen molar-refractivity contribution in [1.29, 1.82) is 0 Å². The smallest absolute Gasteiger partial charge is 0.272 e. The molecule has 0 radical (unpaired) electrons. The van der Waals surface area contributed by atoms with E-state index in [2.05, 4.69) is 15.3 Å². The Kier molecular flexibility index (Phi) is 4.90. The van der Waals surface area contributed by atoms with Crippen LogP contribution >= 0.6 is 11.3 Å². The quantitative estimate of drug-likeness (QED) is 0.922. The number of pyridine rings is 1. The monoisotopic (exact) mass is 304 g/mol. The minimum atomic E-state index is -0.0878. The second-order valence-electron chi connectivity index (χ2n) is 5.23. The molecule has 0 aromatic carbocycles. The van der Waals surface area contributed by atoms with Gasteiger partial charge in [0.2, 0.25) is 0 Å². The van der Waals surface area contributed by atoms with Gasteiger partial charge in [0.05, 0.1) is 17.7 Å². The highest BCUT2D eigenvalue weighted by atomic mass is 32.1. The third-order valence-electron chi connectivity index (χ3n) is 2.98. The summed E-state index contributed by atoms with van der Waals surface area (Å²) in [6.45, 7) is 6.58. The molecule has 0 aliphatic rings. The summed E-state index contributed by atoms with van der Waals surface area (Å²) < 4.78 is 0. The molecule has 1 N–H and O–H groups in total. The van der Waals surface area contributed by atoms with Gasteiger partial charge >= 0.3 is 0 Å². The molecule has 2 aromatic rings. The van der Waals surface area contributed by atoms with Gasteiger partial charge in [0, 0.05) is 18.0 Å². The van der Waals surface area contributed by atoms with Gasteiger partial charge in [-0.05, 0) is 32.9 Å². The molecule has 2 rings (SSSR count). The Morgan fingerprint density at radius 2 is 2.19 bits per heavy atom.